The SMILES string of the molecule is Cn1c([C@H](C#N)C(=NS(=O)(=O)c2ccccc2)c2ccccc2)nc2ccccc21. The molecule has 0 N–H and O–H groups in total. The smallest absolute Gasteiger partial charge is 0.282 e. The van der Waals surface area contributed by atoms with Crippen molar-refractivity contribution < 1.29 is 8.42 Å². The Hall–Kier alpha value is -3.76. The summed E-state index contributed by atoms with van der Waals surface area (Å²) in [6.45, 7) is 0. The average molecular weight is 414 g/mol. The summed E-state index contributed by atoms with van der Waals surface area (Å²) >= 11 is 0. The first kappa shape index (κ1) is 19.6. The summed E-state index contributed by atoms with van der Waals surface area (Å²) in [7, 11) is -2.21. The van der Waals surface area contributed by atoms with Crippen molar-refractivity contribution in [2.45, 2.75) is 10.8 Å². The Balaban J connectivity index is 1.93. The van der Waals surface area contributed by atoms with Crippen molar-refractivity contribution in [1.82, 2.24) is 9.55 Å². The summed E-state index contributed by atoms with van der Waals surface area (Å²) in [5, 5.41) is 10.0. The predicted molar refractivity (Wildman–Crippen MR) is 116 cm³/mol. The number of nitrogens with zero attached hydrogens (tertiary/aromatic N) is 4. The third-order valence-electron chi connectivity index (χ3n) is 4.81. The van der Waals surface area contributed by atoms with Gasteiger partial charge in [0.25, 0.3) is 10.0 Å². The van der Waals surface area contributed by atoms with Crippen LogP contribution in [0.15, 0.2) is 94.2 Å². The number of rotatable bonds is 5. The second-order valence-electron chi connectivity index (χ2n) is 6.71. The number of benzene rings is 3. The second-order valence-corrected chi connectivity index (χ2v) is 8.31. The first-order chi connectivity index (χ1) is 14.5. The maximum absolute atomic E-state index is 13.0. The Morgan fingerprint density at radius 1 is 0.967 bits per heavy atom. The van der Waals surface area contributed by atoms with E-state index in [1.807, 2.05) is 37.4 Å². The molecule has 0 aliphatic heterocycles. The van der Waals surface area contributed by atoms with E-state index in [1.54, 1.807) is 47.0 Å². The van der Waals surface area contributed by atoms with Crippen LogP contribution in [0, 0.1) is 11.3 Å². The highest BCUT2D eigenvalue weighted by atomic mass is 32.2. The number of hydrogen-bond donors (Lipinski definition) is 0. The van der Waals surface area contributed by atoms with E-state index >= 15 is 0 Å². The van der Waals surface area contributed by atoms with Gasteiger partial charge in [0.1, 0.15) is 11.7 Å². The molecule has 30 heavy (non-hydrogen) atoms. The highest BCUT2D eigenvalue weighted by Crippen LogP contribution is 2.26. The van der Waals surface area contributed by atoms with E-state index in [1.165, 1.54) is 12.1 Å². The van der Waals surface area contributed by atoms with Crippen molar-refractivity contribution in [3.05, 3.63) is 96.3 Å². The van der Waals surface area contributed by atoms with E-state index in [0.717, 1.165) is 11.0 Å². The number of imidazole rings is 1. The monoisotopic (exact) mass is 414 g/mol. The largest absolute Gasteiger partial charge is 0.330 e. The van der Waals surface area contributed by atoms with Crippen molar-refractivity contribution in [1.29, 1.82) is 5.26 Å². The minimum absolute atomic E-state index is 0.0696. The summed E-state index contributed by atoms with van der Waals surface area (Å²) in [5.74, 6) is -0.534. The molecule has 0 radical (unpaired) electrons. The molecule has 148 valence electrons. The topological polar surface area (TPSA) is 88.1 Å². The number of hydrogen-bond acceptors (Lipinski definition) is 4. The van der Waals surface area contributed by atoms with Crippen LogP contribution >= 0.6 is 0 Å². The Kier molecular flexibility index (Phi) is 5.17. The lowest BCUT2D eigenvalue weighted by Gasteiger charge is -2.13. The Morgan fingerprint density at radius 2 is 1.57 bits per heavy atom. The number of sulfonamides is 1. The molecule has 1 atom stereocenters. The lowest BCUT2D eigenvalue weighted by molar-refractivity contribution is 0.598. The van der Waals surface area contributed by atoms with Crippen LogP contribution in [-0.2, 0) is 17.1 Å². The summed E-state index contributed by atoms with van der Waals surface area (Å²) in [6, 6.07) is 26.6. The summed E-state index contributed by atoms with van der Waals surface area (Å²) < 4.78 is 31.9. The van der Waals surface area contributed by atoms with Crippen LogP contribution in [0.1, 0.15) is 17.3 Å². The van der Waals surface area contributed by atoms with Gasteiger partial charge in [-0.1, -0.05) is 60.7 Å². The fourth-order valence-electron chi connectivity index (χ4n) is 3.32. The molecule has 0 saturated carbocycles. The lowest BCUT2D eigenvalue weighted by Crippen LogP contribution is -2.18. The van der Waals surface area contributed by atoms with Crippen LogP contribution in [0.5, 0.6) is 0 Å². The molecule has 4 rings (SSSR count). The van der Waals surface area contributed by atoms with Crippen molar-refractivity contribution in [2.75, 3.05) is 0 Å². The number of aromatic nitrogens is 2. The Bertz CT molecular complexity index is 1370. The maximum atomic E-state index is 13.0. The fraction of sp³-hybridized carbons (Fsp3) is 0.0870. The number of fused-ring (bicyclic) bond motifs is 1. The molecule has 3 aromatic carbocycles. The highest BCUT2D eigenvalue weighted by Gasteiger charge is 2.28. The normalized spacial score (nSPS) is 13.1. The van der Waals surface area contributed by atoms with Gasteiger partial charge in [-0.05, 0) is 29.8 Å². The molecule has 1 aromatic heterocycles. The van der Waals surface area contributed by atoms with E-state index in [-0.39, 0.29) is 10.6 Å². The molecule has 0 fully saturated rings. The molecule has 1 heterocycles. The number of nitriles is 1. The zero-order chi connectivity index (χ0) is 21.1. The number of aryl methyl sites for hydroxylation is 1. The molecule has 0 aliphatic rings. The van der Waals surface area contributed by atoms with Gasteiger partial charge in [-0.15, -0.1) is 0 Å². The van der Waals surface area contributed by atoms with Crippen molar-refractivity contribution >= 4 is 26.8 Å². The van der Waals surface area contributed by atoms with Gasteiger partial charge in [0.2, 0.25) is 0 Å². The molecule has 0 saturated heterocycles. The van der Waals surface area contributed by atoms with Crippen LogP contribution in [0.25, 0.3) is 11.0 Å². The van der Waals surface area contributed by atoms with Gasteiger partial charge in [-0.3, -0.25) is 0 Å². The number of para-hydroxylation sites is 2. The van der Waals surface area contributed by atoms with Crippen LogP contribution in [-0.4, -0.2) is 23.7 Å². The molecular weight excluding hydrogens is 396 g/mol. The van der Waals surface area contributed by atoms with Crippen molar-refractivity contribution in [3.8, 4) is 6.07 Å². The van der Waals surface area contributed by atoms with Gasteiger partial charge in [0.15, 0.2) is 0 Å². The van der Waals surface area contributed by atoms with Gasteiger partial charge >= 0.3 is 0 Å². The molecule has 0 unspecified atom stereocenters. The van der Waals surface area contributed by atoms with Crippen LogP contribution in [0.3, 0.4) is 0 Å². The molecule has 0 bridgehead atoms. The van der Waals surface area contributed by atoms with Crippen LogP contribution in [0.2, 0.25) is 0 Å². The lowest BCUT2D eigenvalue weighted by atomic mass is 9.97. The predicted octanol–water partition coefficient (Wildman–Crippen LogP) is 4.06. The maximum Gasteiger partial charge on any atom is 0.282 e. The fourth-order valence-corrected chi connectivity index (χ4v) is 4.40. The van der Waals surface area contributed by atoms with Gasteiger partial charge < -0.3 is 4.57 Å². The van der Waals surface area contributed by atoms with E-state index in [0.29, 0.717) is 11.4 Å². The van der Waals surface area contributed by atoms with Gasteiger partial charge in [-0.25, -0.2) is 4.98 Å². The van der Waals surface area contributed by atoms with E-state index in [4.69, 9.17) is 0 Å². The standard InChI is InChI=1S/C23H18N4O2S/c1-27-21-15-9-8-14-20(21)25-23(27)19(16-24)22(17-10-4-2-5-11-17)26-30(28,29)18-12-6-3-7-13-18/h2-15,19H,1H3/t19-/m1/s1. The van der Waals surface area contributed by atoms with Crippen LogP contribution < -0.4 is 0 Å². The molecule has 0 spiro atoms. The van der Waals surface area contributed by atoms with Gasteiger partial charge in [-0.2, -0.15) is 18.1 Å². The third kappa shape index (κ3) is 3.61. The van der Waals surface area contributed by atoms with Crippen molar-refractivity contribution in [3.63, 3.8) is 0 Å². The van der Waals surface area contributed by atoms with Crippen molar-refractivity contribution in [2.24, 2.45) is 11.4 Å². The average Bonchev–Trinajstić information content (AvgIpc) is 3.11. The van der Waals surface area contributed by atoms with Crippen LogP contribution in [0.4, 0.5) is 0 Å². The first-order valence-electron chi connectivity index (χ1n) is 9.27. The quantitative estimate of drug-likeness (QED) is 0.461. The summed E-state index contributed by atoms with van der Waals surface area (Å²) in [6.07, 6.45) is 0. The molecule has 4 aromatic rings. The van der Waals surface area contributed by atoms with E-state index in [9.17, 15) is 13.7 Å². The van der Waals surface area contributed by atoms with E-state index in [2.05, 4.69) is 15.5 Å². The second kappa shape index (κ2) is 7.93. The summed E-state index contributed by atoms with van der Waals surface area (Å²) in [4.78, 5) is 4.67. The molecule has 0 aliphatic carbocycles. The zero-order valence-electron chi connectivity index (χ0n) is 16.2. The van der Waals surface area contributed by atoms with Gasteiger partial charge in [0.05, 0.1) is 27.7 Å². The summed E-state index contributed by atoms with van der Waals surface area (Å²) in [5.41, 5.74) is 2.27. The molecule has 6 nitrogen and oxygen atoms in total. The Labute approximate surface area is 174 Å². The third-order valence-corrected chi connectivity index (χ3v) is 6.12. The van der Waals surface area contributed by atoms with Gasteiger partial charge in [0, 0.05) is 7.05 Å². The molecule has 0 amide bonds. The minimum Gasteiger partial charge on any atom is -0.330 e. The Morgan fingerprint density at radius 3 is 2.20 bits per heavy atom. The first-order valence-corrected chi connectivity index (χ1v) is 10.7. The molecule has 7 heteroatoms. The minimum atomic E-state index is -4.01. The zero-order valence-corrected chi connectivity index (χ0v) is 17.0. The molecular formula is C23H18N4O2S. The van der Waals surface area contributed by atoms with E-state index < -0.39 is 15.9 Å². The highest BCUT2D eigenvalue weighted by molar-refractivity contribution is 7.90.